The minimum Gasteiger partial charge on any atom is -0.478 e. The Hall–Kier alpha value is -4.47. The summed E-state index contributed by atoms with van der Waals surface area (Å²) < 4.78 is 16.6. The molecule has 0 saturated carbocycles. The molecule has 0 unspecified atom stereocenters. The number of hydrogen-bond acceptors (Lipinski definition) is 8. The molecule has 2 aromatic carbocycles. The monoisotopic (exact) mass is 466 g/mol. The van der Waals surface area contributed by atoms with Crippen molar-refractivity contribution in [3.8, 4) is 11.4 Å². The third-order valence-electron chi connectivity index (χ3n) is 5.21. The van der Waals surface area contributed by atoms with Crippen LogP contribution in [0.1, 0.15) is 42.5 Å². The van der Waals surface area contributed by atoms with E-state index in [-0.39, 0.29) is 17.1 Å². The summed E-state index contributed by atoms with van der Waals surface area (Å²) in [5, 5.41) is 11.4. The van der Waals surface area contributed by atoms with Gasteiger partial charge in [-0.1, -0.05) is 0 Å². The van der Waals surface area contributed by atoms with Gasteiger partial charge in [0.1, 0.15) is 0 Å². The highest BCUT2D eigenvalue weighted by atomic mass is 16.6. The average molecular weight is 466 g/mol. The molecule has 176 valence electrons. The molecule has 0 N–H and O–H groups in total. The molecule has 0 aliphatic heterocycles. The summed E-state index contributed by atoms with van der Waals surface area (Å²) in [5.74, 6) is -1.69. The van der Waals surface area contributed by atoms with Crippen LogP contribution in [0.5, 0.6) is 5.75 Å². The number of ketones is 1. The fraction of sp³-hybridized carbons (Fsp3) is 0.208. The highest BCUT2D eigenvalue weighted by molar-refractivity contribution is 5.99. The summed E-state index contributed by atoms with van der Waals surface area (Å²) in [6.07, 6.45) is 0. The van der Waals surface area contributed by atoms with E-state index in [4.69, 9.17) is 9.47 Å². The van der Waals surface area contributed by atoms with E-state index in [1.807, 2.05) is 11.5 Å². The number of carbonyl (C=O) groups excluding carboxylic acids is 3. The predicted molar refractivity (Wildman–Crippen MR) is 121 cm³/mol. The van der Waals surface area contributed by atoms with Gasteiger partial charge in [0, 0.05) is 28.7 Å². The lowest BCUT2D eigenvalue weighted by Gasteiger charge is -2.11. The maximum Gasteiger partial charge on any atom is 0.338 e. The van der Waals surface area contributed by atoms with E-state index in [1.54, 1.807) is 37.3 Å². The summed E-state index contributed by atoms with van der Waals surface area (Å²) >= 11 is 0. The summed E-state index contributed by atoms with van der Waals surface area (Å²) in [6.45, 7) is 3.15. The molecular weight excluding hydrogens is 444 g/mol. The fourth-order valence-corrected chi connectivity index (χ4v) is 3.55. The molecule has 0 fully saturated rings. The second kappa shape index (κ2) is 9.99. The van der Waals surface area contributed by atoms with Gasteiger partial charge in [0.15, 0.2) is 12.4 Å². The minimum absolute atomic E-state index is 0.00496. The molecule has 0 radical (unpaired) electrons. The van der Waals surface area contributed by atoms with Crippen molar-refractivity contribution < 1.29 is 33.5 Å². The van der Waals surface area contributed by atoms with Crippen LogP contribution in [-0.2, 0) is 9.47 Å². The largest absolute Gasteiger partial charge is 0.478 e. The molecule has 10 nitrogen and oxygen atoms in total. The lowest BCUT2D eigenvalue weighted by atomic mass is 10.1. The molecule has 3 rings (SSSR count). The van der Waals surface area contributed by atoms with Crippen molar-refractivity contribution in [1.29, 1.82) is 0 Å². The van der Waals surface area contributed by atoms with Crippen molar-refractivity contribution in [2.45, 2.75) is 13.8 Å². The number of rotatable bonds is 8. The third-order valence-corrected chi connectivity index (χ3v) is 5.21. The van der Waals surface area contributed by atoms with Crippen LogP contribution in [-0.4, -0.2) is 48.0 Å². The van der Waals surface area contributed by atoms with Gasteiger partial charge in [-0.3, -0.25) is 14.9 Å². The number of esters is 2. The number of aryl methyl sites for hydroxylation is 1. The Morgan fingerprint density at radius 2 is 1.50 bits per heavy atom. The second-order valence-electron chi connectivity index (χ2n) is 7.30. The quantitative estimate of drug-likeness (QED) is 0.212. The van der Waals surface area contributed by atoms with Gasteiger partial charge in [-0.05, 0) is 56.3 Å². The first-order valence-corrected chi connectivity index (χ1v) is 10.1. The van der Waals surface area contributed by atoms with Gasteiger partial charge in [0.25, 0.3) is 0 Å². The van der Waals surface area contributed by atoms with Crippen LogP contribution in [0.2, 0.25) is 0 Å². The molecule has 0 aliphatic rings. The smallest absolute Gasteiger partial charge is 0.338 e. The standard InChI is InChI=1S/C24H22N2O8/c1-14-11-19(15(2)25(14)18-8-5-16(6-9-18)23(28)32-3)21(27)13-34-22-10-7-17(24(29)33-4)12-20(22)26(30)31/h5-12H,13H2,1-4H3. The molecule has 3 aromatic rings. The van der Waals surface area contributed by atoms with Crippen LogP contribution in [0.3, 0.4) is 0 Å². The number of nitro benzene ring substituents is 1. The molecule has 0 atom stereocenters. The van der Waals surface area contributed by atoms with E-state index < -0.39 is 29.2 Å². The van der Waals surface area contributed by atoms with Crippen LogP contribution in [0.25, 0.3) is 5.69 Å². The molecule has 10 heteroatoms. The number of hydrogen-bond donors (Lipinski definition) is 0. The third kappa shape index (κ3) is 4.80. The van der Waals surface area contributed by atoms with Gasteiger partial charge < -0.3 is 18.8 Å². The van der Waals surface area contributed by atoms with E-state index in [0.717, 1.165) is 17.4 Å². The molecule has 0 saturated heterocycles. The van der Waals surface area contributed by atoms with Crippen LogP contribution in [0.15, 0.2) is 48.5 Å². The van der Waals surface area contributed by atoms with E-state index in [9.17, 15) is 24.5 Å². The predicted octanol–water partition coefficient (Wildman–Crippen LogP) is 3.84. The first kappa shape index (κ1) is 24.2. The number of aromatic nitrogens is 1. The number of nitro groups is 1. The van der Waals surface area contributed by atoms with E-state index in [1.165, 1.54) is 26.4 Å². The maximum atomic E-state index is 12.9. The molecular formula is C24H22N2O8. The Kier molecular flexibility index (Phi) is 7.10. The van der Waals surface area contributed by atoms with Crippen molar-refractivity contribution in [3.63, 3.8) is 0 Å². The molecule has 34 heavy (non-hydrogen) atoms. The van der Waals surface area contributed by atoms with Gasteiger partial charge in [-0.2, -0.15) is 0 Å². The molecule has 0 bridgehead atoms. The highest BCUT2D eigenvalue weighted by Gasteiger charge is 2.22. The molecule has 1 aromatic heterocycles. The number of Topliss-reactive ketones (excluding diaryl/α,β-unsaturated/α-hetero) is 1. The lowest BCUT2D eigenvalue weighted by molar-refractivity contribution is -0.385. The lowest BCUT2D eigenvalue weighted by Crippen LogP contribution is -2.14. The van der Waals surface area contributed by atoms with Crippen molar-refractivity contribution in [1.82, 2.24) is 4.57 Å². The topological polar surface area (TPSA) is 127 Å². The summed E-state index contributed by atoms with van der Waals surface area (Å²) in [7, 11) is 2.47. The Labute approximate surface area is 194 Å². The van der Waals surface area contributed by atoms with E-state index in [2.05, 4.69) is 4.74 Å². The van der Waals surface area contributed by atoms with E-state index in [0.29, 0.717) is 16.8 Å². The van der Waals surface area contributed by atoms with Crippen LogP contribution in [0, 0.1) is 24.0 Å². The maximum absolute atomic E-state index is 12.9. The summed E-state index contributed by atoms with van der Waals surface area (Å²) in [5.41, 5.74) is 2.51. The SMILES string of the molecule is COC(=O)c1ccc(-n2c(C)cc(C(=O)COc3ccc(C(=O)OC)cc3[N+](=O)[O-])c2C)cc1. The number of benzene rings is 2. The fourth-order valence-electron chi connectivity index (χ4n) is 3.55. The molecule has 0 amide bonds. The molecule has 1 heterocycles. The van der Waals surface area contributed by atoms with Crippen LogP contribution >= 0.6 is 0 Å². The zero-order valence-corrected chi connectivity index (χ0v) is 19.0. The Morgan fingerprint density at radius 3 is 2.09 bits per heavy atom. The summed E-state index contributed by atoms with van der Waals surface area (Å²) in [6, 6.07) is 12.0. The van der Waals surface area contributed by atoms with Gasteiger partial charge in [0.05, 0.1) is 30.3 Å². The Morgan fingerprint density at radius 1 is 0.912 bits per heavy atom. The number of carbonyl (C=O) groups is 3. The van der Waals surface area contributed by atoms with Crippen molar-refractivity contribution in [2.24, 2.45) is 0 Å². The summed E-state index contributed by atoms with van der Waals surface area (Å²) in [4.78, 5) is 46.9. The molecule has 0 spiro atoms. The first-order valence-electron chi connectivity index (χ1n) is 10.1. The minimum atomic E-state index is -0.724. The van der Waals surface area contributed by atoms with Crippen molar-refractivity contribution in [2.75, 3.05) is 20.8 Å². The highest BCUT2D eigenvalue weighted by Crippen LogP contribution is 2.29. The molecule has 0 aliphatic carbocycles. The van der Waals surface area contributed by atoms with E-state index >= 15 is 0 Å². The van der Waals surface area contributed by atoms with Gasteiger partial charge in [-0.25, -0.2) is 9.59 Å². The zero-order valence-electron chi connectivity index (χ0n) is 19.0. The Bertz CT molecular complexity index is 1270. The van der Waals surface area contributed by atoms with Crippen LogP contribution in [0.4, 0.5) is 5.69 Å². The second-order valence-corrected chi connectivity index (χ2v) is 7.30. The first-order chi connectivity index (χ1) is 16.2. The number of ether oxygens (including phenoxy) is 3. The van der Waals surface area contributed by atoms with Gasteiger partial charge in [-0.15, -0.1) is 0 Å². The average Bonchev–Trinajstić information content (AvgIpc) is 3.15. The van der Waals surface area contributed by atoms with Crippen molar-refractivity contribution >= 4 is 23.4 Å². The zero-order chi connectivity index (χ0) is 25.0. The van der Waals surface area contributed by atoms with Gasteiger partial charge >= 0.3 is 17.6 Å². The van der Waals surface area contributed by atoms with Crippen LogP contribution < -0.4 is 4.74 Å². The van der Waals surface area contributed by atoms with Gasteiger partial charge in [0.2, 0.25) is 5.78 Å². The normalized spacial score (nSPS) is 10.5. The van der Waals surface area contributed by atoms with Crippen molar-refractivity contribution in [3.05, 3.63) is 86.7 Å². The number of methoxy groups -OCH3 is 2. The number of nitrogens with zero attached hydrogens (tertiary/aromatic N) is 2. The Balaban J connectivity index is 1.82.